The molecule has 5 nitrogen and oxygen atoms in total. The molecule has 1 fully saturated rings. The highest BCUT2D eigenvalue weighted by Crippen LogP contribution is 2.25. The molecule has 5 heteroatoms. The van der Waals surface area contributed by atoms with E-state index in [0.717, 1.165) is 5.69 Å². The summed E-state index contributed by atoms with van der Waals surface area (Å²) in [4.78, 5) is 5.45. The maximum Gasteiger partial charge on any atom is 0.163 e. The highest BCUT2D eigenvalue weighted by Gasteiger charge is 2.38. The predicted octanol–water partition coefficient (Wildman–Crippen LogP) is 1.54. The SMILES string of the molecule is CC1(C)OC[C@H]([C@@H](CO)ONc2ccccc2)O1. The van der Waals surface area contributed by atoms with Gasteiger partial charge in [0.05, 0.1) is 18.9 Å². The first-order valence-corrected chi connectivity index (χ1v) is 6.00. The number of rotatable bonds is 5. The van der Waals surface area contributed by atoms with Gasteiger partial charge in [-0.3, -0.25) is 10.3 Å². The molecule has 1 saturated heterocycles. The van der Waals surface area contributed by atoms with E-state index in [0.29, 0.717) is 6.61 Å². The molecule has 0 spiro atoms. The van der Waals surface area contributed by atoms with Gasteiger partial charge in [0.1, 0.15) is 12.2 Å². The van der Waals surface area contributed by atoms with E-state index in [1.54, 1.807) is 0 Å². The number of para-hydroxylation sites is 1. The van der Waals surface area contributed by atoms with Crippen LogP contribution in [0.5, 0.6) is 0 Å². The third-order valence-corrected chi connectivity index (χ3v) is 2.73. The first-order valence-electron chi connectivity index (χ1n) is 6.00. The molecule has 1 aromatic rings. The lowest BCUT2D eigenvalue weighted by Crippen LogP contribution is -2.37. The molecule has 1 aliphatic heterocycles. The molecule has 18 heavy (non-hydrogen) atoms. The number of hydrogen-bond donors (Lipinski definition) is 2. The average molecular weight is 253 g/mol. The Kier molecular flexibility index (Phi) is 4.19. The lowest BCUT2D eigenvalue weighted by molar-refractivity contribution is -0.157. The number of aliphatic hydroxyl groups excluding tert-OH is 1. The van der Waals surface area contributed by atoms with E-state index < -0.39 is 11.9 Å². The monoisotopic (exact) mass is 253 g/mol. The predicted molar refractivity (Wildman–Crippen MR) is 66.9 cm³/mol. The van der Waals surface area contributed by atoms with Crippen LogP contribution in [0, 0.1) is 0 Å². The number of ether oxygens (including phenoxy) is 2. The molecule has 1 aliphatic rings. The van der Waals surface area contributed by atoms with Crippen LogP contribution < -0.4 is 5.48 Å². The minimum absolute atomic E-state index is 0.135. The lowest BCUT2D eigenvalue weighted by atomic mass is 10.2. The third kappa shape index (κ3) is 3.43. The number of hydrogen-bond acceptors (Lipinski definition) is 5. The average Bonchev–Trinajstić information content (AvgIpc) is 2.72. The Labute approximate surface area is 107 Å². The second kappa shape index (κ2) is 5.67. The van der Waals surface area contributed by atoms with Crippen molar-refractivity contribution in [2.24, 2.45) is 0 Å². The van der Waals surface area contributed by atoms with Gasteiger partial charge in [0.25, 0.3) is 0 Å². The van der Waals surface area contributed by atoms with Crippen molar-refractivity contribution in [3.05, 3.63) is 30.3 Å². The maximum atomic E-state index is 9.33. The van der Waals surface area contributed by atoms with Crippen molar-refractivity contribution < 1.29 is 19.4 Å². The smallest absolute Gasteiger partial charge is 0.163 e. The van der Waals surface area contributed by atoms with Gasteiger partial charge in [0, 0.05) is 0 Å². The fourth-order valence-corrected chi connectivity index (χ4v) is 1.78. The number of benzene rings is 1. The summed E-state index contributed by atoms with van der Waals surface area (Å²) in [6, 6.07) is 9.48. The van der Waals surface area contributed by atoms with Gasteiger partial charge < -0.3 is 14.6 Å². The van der Waals surface area contributed by atoms with Crippen molar-refractivity contribution in [3.63, 3.8) is 0 Å². The van der Waals surface area contributed by atoms with Crippen LogP contribution in [0.3, 0.4) is 0 Å². The fourth-order valence-electron chi connectivity index (χ4n) is 1.78. The van der Waals surface area contributed by atoms with Crippen LogP contribution in [-0.4, -0.2) is 36.3 Å². The van der Waals surface area contributed by atoms with E-state index in [4.69, 9.17) is 14.3 Å². The Balaban J connectivity index is 1.87. The molecule has 1 aromatic carbocycles. The molecule has 1 heterocycles. The van der Waals surface area contributed by atoms with Gasteiger partial charge in [-0.2, -0.15) is 0 Å². The van der Waals surface area contributed by atoms with Crippen LogP contribution in [0.1, 0.15) is 13.8 Å². The Morgan fingerprint density at radius 1 is 1.44 bits per heavy atom. The third-order valence-electron chi connectivity index (χ3n) is 2.73. The van der Waals surface area contributed by atoms with Crippen molar-refractivity contribution in [1.29, 1.82) is 0 Å². The molecule has 2 atom stereocenters. The Morgan fingerprint density at radius 2 is 2.17 bits per heavy atom. The molecule has 0 unspecified atom stereocenters. The zero-order valence-corrected chi connectivity index (χ0v) is 10.6. The summed E-state index contributed by atoms with van der Waals surface area (Å²) >= 11 is 0. The number of aliphatic hydroxyl groups is 1. The second-order valence-corrected chi connectivity index (χ2v) is 4.67. The van der Waals surface area contributed by atoms with E-state index in [1.165, 1.54) is 0 Å². The van der Waals surface area contributed by atoms with Crippen LogP contribution >= 0.6 is 0 Å². The summed E-state index contributed by atoms with van der Waals surface area (Å²) in [5, 5.41) is 9.33. The van der Waals surface area contributed by atoms with Crippen molar-refractivity contribution >= 4 is 5.69 Å². The van der Waals surface area contributed by atoms with E-state index in [1.807, 2.05) is 44.2 Å². The first-order chi connectivity index (χ1) is 8.61. The molecule has 2 rings (SSSR count). The van der Waals surface area contributed by atoms with Crippen LogP contribution in [-0.2, 0) is 14.3 Å². The quantitative estimate of drug-likeness (QED) is 0.779. The summed E-state index contributed by atoms with van der Waals surface area (Å²) in [7, 11) is 0. The summed E-state index contributed by atoms with van der Waals surface area (Å²) in [5.41, 5.74) is 3.63. The van der Waals surface area contributed by atoms with Gasteiger partial charge in [-0.05, 0) is 26.0 Å². The Morgan fingerprint density at radius 3 is 2.72 bits per heavy atom. The Bertz CT molecular complexity index is 369. The van der Waals surface area contributed by atoms with Crippen molar-refractivity contribution in [2.45, 2.75) is 31.8 Å². The van der Waals surface area contributed by atoms with Crippen molar-refractivity contribution in [2.75, 3.05) is 18.7 Å². The summed E-state index contributed by atoms with van der Waals surface area (Å²) in [6.45, 7) is 3.96. The van der Waals surface area contributed by atoms with Gasteiger partial charge >= 0.3 is 0 Å². The second-order valence-electron chi connectivity index (χ2n) is 4.67. The van der Waals surface area contributed by atoms with E-state index >= 15 is 0 Å². The van der Waals surface area contributed by atoms with Crippen LogP contribution in [0.15, 0.2) is 30.3 Å². The molecular formula is C13H19NO4. The molecule has 2 N–H and O–H groups in total. The molecule has 0 saturated carbocycles. The standard InChI is InChI=1S/C13H19NO4/c1-13(2)16-9-12(17-13)11(8-15)18-14-10-6-4-3-5-7-10/h3-7,11-12,14-15H,8-9H2,1-2H3/t11-,12-/m1/s1. The first kappa shape index (κ1) is 13.3. The molecule has 0 bridgehead atoms. The molecular weight excluding hydrogens is 234 g/mol. The molecule has 0 amide bonds. The highest BCUT2D eigenvalue weighted by atomic mass is 16.8. The van der Waals surface area contributed by atoms with Gasteiger partial charge in [0.2, 0.25) is 0 Å². The van der Waals surface area contributed by atoms with Crippen LogP contribution in [0.4, 0.5) is 5.69 Å². The van der Waals surface area contributed by atoms with E-state index in [2.05, 4.69) is 5.48 Å². The lowest BCUT2D eigenvalue weighted by Gasteiger charge is -2.23. The zero-order chi connectivity index (χ0) is 13.0. The van der Waals surface area contributed by atoms with Gasteiger partial charge in [0.15, 0.2) is 5.79 Å². The van der Waals surface area contributed by atoms with Gasteiger partial charge in [-0.15, -0.1) is 0 Å². The fraction of sp³-hybridized carbons (Fsp3) is 0.538. The minimum Gasteiger partial charge on any atom is -0.393 e. The van der Waals surface area contributed by atoms with E-state index in [9.17, 15) is 5.11 Å². The summed E-state index contributed by atoms with van der Waals surface area (Å²) in [5.74, 6) is -0.617. The van der Waals surface area contributed by atoms with E-state index in [-0.39, 0.29) is 12.7 Å². The minimum atomic E-state index is -0.617. The normalized spacial score (nSPS) is 23.8. The maximum absolute atomic E-state index is 9.33. The number of anilines is 1. The van der Waals surface area contributed by atoms with Crippen molar-refractivity contribution in [1.82, 2.24) is 0 Å². The van der Waals surface area contributed by atoms with Gasteiger partial charge in [-0.25, -0.2) is 0 Å². The topological polar surface area (TPSA) is 60.0 Å². The Hall–Kier alpha value is -1.14. The summed E-state index contributed by atoms with van der Waals surface area (Å²) in [6.07, 6.45) is -0.742. The molecule has 100 valence electrons. The molecule has 0 aromatic heterocycles. The molecule has 0 aliphatic carbocycles. The summed E-state index contributed by atoms with van der Waals surface area (Å²) < 4.78 is 11.1. The highest BCUT2D eigenvalue weighted by molar-refractivity contribution is 5.40. The van der Waals surface area contributed by atoms with Crippen LogP contribution in [0.2, 0.25) is 0 Å². The number of nitrogens with one attached hydrogen (secondary N) is 1. The van der Waals surface area contributed by atoms with Crippen LogP contribution in [0.25, 0.3) is 0 Å². The largest absolute Gasteiger partial charge is 0.393 e. The molecule has 0 radical (unpaired) electrons. The zero-order valence-electron chi connectivity index (χ0n) is 10.6. The van der Waals surface area contributed by atoms with Gasteiger partial charge in [-0.1, -0.05) is 18.2 Å². The van der Waals surface area contributed by atoms with Crippen molar-refractivity contribution in [3.8, 4) is 0 Å².